The van der Waals surface area contributed by atoms with Crippen molar-refractivity contribution < 1.29 is 23.8 Å². The first kappa shape index (κ1) is 34.5. The summed E-state index contributed by atoms with van der Waals surface area (Å²) in [5.74, 6) is 0.764. The number of fused-ring (bicyclic) bond motifs is 5. The number of rotatable bonds is 8. The van der Waals surface area contributed by atoms with E-state index in [2.05, 4.69) is 38.2 Å². The van der Waals surface area contributed by atoms with Gasteiger partial charge in [0.2, 0.25) is 0 Å². The van der Waals surface area contributed by atoms with Crippen molar-refractivity contribution in [3.8, 4) is 6.07 Å². The van der Waals surface area contributed by atoms with E-state index in [0.29, 0.717) is 41.4 Å². The van der Waals surface area contributed by atoms with Gasteiger partial charge in [-0.2, -0.15) is 5.26 Å². The minimum atomic E-state index is -0.268. The zero-order valence-electron chi connectivity index (χ0n) is 30.5. The van der Waals surface area contributed by atoms with Crippen LogP contribution in [0.1, 0.15) is 66.1 Å². The number of ether oxygens (including phenoxy) is 2. The summed E-state index contributed by atoms with van der Waals surface area (Å²) in [7, 11) is 2.92. The molecule has 1 aliphatic carbocycles. The number of hydrogen-bond acceptors (Lipinski definition) is 10. The van der Waals surface area contributed by atoms with Crippen molar-refractivity contribution in [2.75, 3.05) is 14.2 Å². The molecule has 6 aliphatic rings. The Labute approximate surface area is 303 Å². The lowest BCUT2D eigenvalue weighted by atomic mass is 9.86. The van der Waals surface area contributed by atoms with Gasteiger partial charge in [-0.15, -0.1) is 0 Å². The standard InChI is InChI=1S/C42H41N5O5/c1-8-26-21(2)31-18-35-27(12-11-25(20-43)42(51-7)37-10-9-15-52-37)22(3)30(45-35)17-32-23(4)28(13-14-38(49)50-6)40(46-32)29-16-36(48)39-24(5)33(47-41(29)39)19-34(26)44-31/h9-12,15,17-19,23,28,46,48H,8,13-14,16H2,1-7H3/b12-11+,32-17?,34-19?,35-18?,40-29?,42-25+/t23-,28-/m0/s1. The molecule has 10 heteroatoms. The van der Waals surface area contributed by atoms with Gasteiger partial charge in [0.25, 0.3) is 0 Å². The molecule has 1 fully saturated rings. The molecule has 6 heterocycles. The number of nitrogens with one attached hydrogen (secondary N) is 1. The highest BCUT2D eigenvalue weighted by Crippen LogP contribution is 2.46. The lowest BCUT2D eigenvalue weighted by molar-refractivity contribution is -0.140. The predicted octanol–water partition coefficient (Wildman–Crippen LogP) is 8.34. The van der Waals surface area contributed by atoms with Gasteiger partial charge in [-0.3, -0.25) is 4.79 Å². The number of allylic oxidation sites excluding steroid dienone is 14. The Morgan fingerprint density at radius 3 is 2.54 bits per heavy atom. The number of hydrogen-bond donors (Lipinski definition) is 2. The van der Waals surface area contributed by atoms with Gasteiger partial charge in [0, 0.05) is 52.8 Å². The minimum Gasteiger partial charge on any atom is -0.511 e. The molecule has 2 N–H and O–H groups in total. The number of carbonyl (C=O) groups excluding carboxylic acids is 1. The predicted molar refractivity (Wildman–Crippen MR) is 201 cm³/mol. The van der Waals surface area contributed by atoms with Crippen molar-refractivity contribution in [2.24, 2.45) is 26.8 Å². The molecule has 7 rings (SSSR count). The molecule has 2 atom stereocenters. The Morgan fingerprint density at radius 1 is 1.08 bits per heavy atom. The first-order valence-electron chi connectivity index (χ1n) is 17.5. The number of aliphatic hydroxyl groups excluding tert-OH is 1. The fourth-order valence-corrected chi connectivity index (χ4v) is 7.79. The maximum Gasteiger partial charge on any atom is 0.305 e. The average Bonchev–Trinajstić information content (AvgIpc) is 3.98. The Kier molecular flexibility index (Phi) is 9.05. The summed E-state index contributed by atoms with van der Waals surface area (Å²) in [5.41, 5.74) is 13.4. The third-order valence-corrected chi connectivity index (χ3v) is 10.7. The number of aliphatic imine (C=N–C) groups is 3. The normalized spacial score (nSPS) is 22.7. The summed E-state index contributed by atoms with van der Waals surface area (Å²) >= 11 is 0. The van der Waals surface area contributed by atoms with Crippen LogP contribution in [0.2, 0.25) is 0 Å². The second-order valence-electron chi connectivity index (χ2n) is 13.5. The summed E-state index contributed by atoms with van der Waals surface area (Å²) in [5, 5.41) is 25.2. The van der Waals surface area contributed by atoms with E-state index in [0.717, 1.165) is 85.4 Å². The fraction of sp³-hybridized carbons (Fsp3) is 0.310. The molecule has 0 saturated carbocycles. The number of nitriles is 1. The smallest absolute Gasteiger partial charge is 0.305 e. The lowest BCUT2D eigenvalue weighted by Gasteiger charge is -2.17. The molecule has 0 unspecified atom stereocenters. The molecule has 1 aromatic heterocycles. The molecule has 10 nitrogen and oxygen atoms in total. The van der Waals surface area contributed by atoms with E-state index >= 15 is 0 Å². The summed E-state index contributed by atoms with van der Waals surface area (Å²) < 4.78 is 16.1. The summed E-state index contributed by atoms with van der Waals surface area (Å²) in [6.45, 7) is 10.4. The van der Waals surface area contributed by atoms with Gasteiger partial charge in [0.15, 0.2) is 11.5 Å². The summed E-state index contributed by atoms with van der Waals surface area (Å²) in [4.78, 5) is 27.8. The molecule has 0 radical (unpaired) electrons. The summed E-state index contributed by atoms with van der Waals surface area (Å²) in [6, 6.07) is 5.75. The number of esters is 1. The molecule has 1 saturated heterocycles. The van der Waals surface area contributed by atoms with Gasteiger partial charge in [0.05, 0.1) is 60.3 Å². The van der Waals surface area contributed by atoms with E-state index in [1.807, 2.05) is 32.1 Å². The van der Waals surface area contributed by atoms with Gasteiger partial charge >= 0.3 is 5.97 Å². The van der Waals surface area contributed by atoms with Gasteiger partial charge < -0.3 is 24.3 Å². The van der Waals surface area contributed by atoms with Crippen LogP contribution in [-0.2, 0) is 14.3 Å². The zero-order chi connectivity index (χ0) is 36.8. The van der Waals surface area contributed by atoms with Gasteiger partial charge in [-0.1, -0.05) is 19.9 Å². The van der Waals surface area contributed by atoms with E-state index in [4.69, 9.17) is 28.9 Å². The van der Waals surface area contributed by atoms with Crippen LogP contribution in [0.25, 0.3) is 5.76 Å². The van der Waals surface area contributed by atoms with Crippen molar-refractivity contribution in [2.45, 2.75) is 60.3 Å². The molecular formula is C42H41N5O5. The molecule has 52 heavy (non-hydrogen) atoms. The van der Waals surface area contributed by atoms with E-state index in [9.17, 15) is 15.2 Å². The average molecular weight is 696 g/mol. The Hall–Kier alpha value is -5.95. The molecular weight excluding hydrogens is 654 g/mol. The molecule has 0 spiro atoms. The molecule has 1 aromatic rings. The highest BCUT2D eigenvalue weighted by Gasteiger charge is 2.41. The minimum absolute atomic E-state index is 0.00226. The lowest BCUT2D eigenvalue weighted by Crippen LogP contribution is -2.16. The molecule has 264 valence electrons. The number of methoxy groups -OCH3 is 2. The third-order valence-electron chi connectivity index (χ3n) is 10.7. The van der Waals surface area contributed by atoms with Gasteiger partial charge in [0.1, 0.15) is 11.8 Å². The second-order valence-corrected chi connectivity index (χ2v) is 13.5. The Bertz CT molecular complexity index is 2260. The van der Waals surface area contributed by atoms with Crippen molar-refractivity contribution >= 4 is 28.9 Å². The molecule has 0 aromatic carbocycles. The van der Waals surface area contributed by atoms with Gasteiger partial charge in [-0.25, -0.2) is 15.0 Å². The van der Waals surface area contributed by atoms with E-state index < -0.39 is 0 Å². The van der Waals surface area contributed by atoms with Crippen molar-refractivity contribution in [1.82, 2.24) is 5.32 Å². The van der Waals surface area contributed by atoms with Crippen LogP contribution >= 0.6 is 0 Å². The highest BCUT2D eigenvalue weighted by atomic mass is 16.5. The quantitative estimate of drug-likeness (QED) is 0.121. The van der Waals surface area contributed by atoms with Crippen molar-refractivity contribution in [3.63, 3.8) is 0 Å². The maximum atomic E-state index is 12.4. The Balaban J connectivity index is 1.43. The van der Waals surface area contributed by atoms with Crippen molar-refractivity contribution in [1.29, 1.82) is 5.26 Å². The third kappa shape index (κ3) is 5.76. The van der Waals surface area contributed by atoms with Crippen LogP contribution in [0.4, 0.5) is 0 Å². The maximum absolute atomic E-state index is 12.4. The fourth-order valence-electron chi connectivity index (χ4n) is 7.79. The van der Waals surface area contributed by atoms with E-state index in [-0.39, 0.29) is 24.2 Å². The van der Waals surface area contributed by atoms with Crippen LogP contribution in [0.3, 0.4) is 0 Å². The summed E-state index contributed by atoms with van der Waals surface area (Å²) in [6.07, 6.45) is 13.2. The zero-order valence-corrected chi connectivity index (χ0v) is 30.5. The molecule has 8 bridgehead atoms. The van der Waals surface area contributed by atoms with Crippen LogP contribution in [0, 0.1) is 23.2 Å². The van der Waals surface area contributed by atoms with Crippen molar-refractivity contribution in [3.05, 3.63) is 133 Å². The Morgan fingerprint density at radius 2 is 1.85 bits per heavy atom. The van der Waals surface area contributed by atoms with Crippen LogP contribution < -0.4 is 5.32 Å². The largest absolute Gasteiger partial charge is 0.511 e. The molecule has 0 amide bonds. The van der Waals surface area contributed by atoms with Gasteiger partial charge in [-0.05, 0) is 92.3 Å². The molecule has 5 aliphatic heterocycles. The number of carbonyl (C=O) groups is 1. The van der Waals surface area contributed by atoms with Crippen LogP contribution in [0.5, 0.6) is 0 Å². The SMILES string of the molecule is CCC1=C(C)C2=NC1=CC1=C(C)C3=C(O)CC(=C4NC(=CC5=NC(=C2)C(/C=C/C(C#N)=C(\OC)c2ccco2)=C5C)[C@@H](C)[C@@H]4CCC(=O)OC)C3=N1. The first-order chi connectivity index (χ1) is 25.1. The number of aliphatic hydroxyl groups is 1. The van der Waals surface area contributed by atoms with E-state index in [1.54, 1.807) is 18.2 Å². The van der Waals surface area contributed by atoms with Crippen LogP contribution in [0.15, 0.2) is 147 Å². The number of nitrogens with zero attached hydrogens (tertiary/aromatic N) is 4. The van der Waals surface area contributed by atoms with E-state index in [1.165, 1.54) is 20.5 Å². The van der Waals surface area contributed by atoms with Crippen LogP contribution in [-0.4, -0.2) is 42.4 Å². The topological polar surface area (TPSA) is 142 Å². The monoisotopic (exact) mass is 695 g/mol. The number of furan rings is 1. The first-order valence-corrected chi connectivity index (χ1v) is 17.5. The highest BCUT2D eigenvalue weighted by molar-refractivity contribution is 6.21. The second kappa shape index (κ2) is 13.6.